The third-order valence-corrected chi connectivity index (χ3v) is 4.42. The smallest absolute Gasteiger partial charge is 0.270 e. The van der Waals surface area contributed by atoms with Gasteiger partial charge in [0, 0.05) is 12.1 Å². The number of nitrogens with one attached hydrogen (secondary N) is 1. The highest BCUT2D eigenvalue weighted by atomic mass is 35.5. The summed E-state index contributed by atoms with van der Waals surface area (Å²) in [6.07, 6.45) is 0.956. The summed E-state index contributed by atoms with van der Waals surface area (Å²) in [7, 11) is 0. The van der Waals surface area contributed by atoms with E-state index in [0.717, 1.165) is 12.0 Å². The predicted molar refractivity (Wildman–Crippen MR) is 99.0 cm³/mol. The number of rotatable bonds is 6. The fraction of sp³-hybridized carbons (Fsp3) is 0.316. The van der Waals surface area contributed by atoms with Crippen molar-refractivity contribution in [3.8, 4) is 0 Å². The van der Waals surface area contributed by atoms with Gasteiger partial charge < -0.3 is 5.32 Å². The highest BCUT2D eigenvalue weighted by molar-refractivity contribution is 6.34. The number of non-ortho nitro benzene ring substituents is 1. The Morgan fingerprint density at radius 3 is 2.32 bits per heavy atom. The van der Waals surface area contributed by atoms with Gasteiger partial charge in [0.15, 0.2) is 0 Å². The number of hydrogen-bond donors (Lipinski definition) is 1. The largest absolute Gasteiger partial charge is 0.345 e. The standard InChI is InChI=1S/C19H21ClN2O3/c1-4-13-5-7-14(8-6-13)18(12(2)3)21-19(23)16-10-9-15(22(24)25)11-17(16)20/h5-12,18H,4H2,1-3H3,(H,21,23)/t18-/m1/s1. The van der Waals surface area contributed by atoms with E-state index in [-0.39, 0.29) is 34.1 Å². The third-order valence-electron chi connectivity index (χ3n) is 4.11. The molecule has 1 N–H and O–H groups in total. The van der Waals surface area contributed by atoms with Gasteiger partial charge in [0.25, 0.3) is 11.6 Å². The van der Waals surface area contributed by atoms with Crippen molar-refractivity contribution in [3.63, 3.8) is 0 Å². The van der Waals surface area contributed by atoms with Crippen molar-refractivity contribution in [2.24, 2.45) is 5.92 Å². The summed E-state index contributed by atoms with van der Waals surface area (Å²) >= 11 is 6.05. The molecule has 0 saturated heterocycles. The predicted octanol–water partition coefficient (Wildman–Crippen LogP) is 4.94. The van der Waals surface area contributed by atoms with Crippen LogP contribution >= 0.6 is 11.6 Å². The summed E-state index contributed by atoms with van der Waals surface area (Å²) < 4.78 is 0. The first-order valence-electron chi connectivity index (χ1n) is 8.17. The van der Waals surface area contributed by atoms with E-state index in [4.69, 9.17) is 11.6 Å². The van der Waals surface area contributed by atoms with Crippen LogP contribution in [0.25, 0.3) is 0 Å². The Morgan fingerprint density at radius 1 is 1.20 bits per heavy atom. The molecule has 0 aliphatic rings. The van der Waals surface area contributed by atoms with E-state index in [2.05, 4.69) is 24.4 Å². The van der Waals surface area contributed by atoms with E-state index in [1.165, 1.54) is 23.8 Å². The zero-order chi connectivity index (χ0) is 18.6. The van der Waals surface area contributed by atoms with Gasteiger partial charge in [-0.25, -0.2) is 0 Å². The van der Waals surface area contributed by atoms with Crippen LogP contribution in [-0.2, 0) is 6.42 Å². The lowest BCUT2D eigenvalue weighted by Gasteiger charge is -2.23. The van der Waals surface area contributed by atoms with E-state index in [9.17, 15) is 14.9 Å². The van der Waals surface area contributed by atoms with Crippen LogP contribution < -0.4 is 5.32 Å². The summed E-state index contributed by atoms with van der Waals surface area (Å²) in [5.74, 6) is -0.175. The minimum atomic E-state index is -0.542. The summed E-state index contributed by atoms with van der Waals surface area (Å²) in [6, 6.07) is 11.8. The van der Waals surface area contributed by atoms with Crippen molar-refractivity contribution in [1.82, 2.24) is 5.32 Å². The molecule has 0 fully saturated rings. The van der Waals surface area contributed by atoms with Gasteiger partial charge in [-0.05, 0) is 29.5 Å². The van der Waals surface area contributed by atoms with Gasteiger partial charge in [0.1, 0.15) is 0 Å². The molecule has 1 atom stereocenters. The maximum atomic E-state index is 12.6. The number of carbonyl (C=O) groups is 1. The van der Waals surface area contributed by atoms with Crippen molar-refractivity contribution in [3.05, 3.63) is 74.3 Å². The van der Waals surface area contributed by atoms with E-state index < -0.39 is 4.92 Å². The van der Waals surface area contributed by atoms with Crippen molar-refractivity contribution in [2.45, 2.75) is 33.2 Å². The van der Waals surface area contributed by atoms with Crippen molar-refractivity contribution >= 4 is 23.2 Å². The molecule has 0 aliphatic carbocycles. The normalized spacial score (nSPS) is 12.0. The van der Waals surface area contributed by atoms with Crippen molar-refractivity contribution < 1.29 is 9.72 Å². The van der Waals surface area contributed by atoms with Gasteiger partial charge in [0.2, 0.25) is 0 Å². The Hall–Kier alpha value is -2.40. The number of nitrogens with zero attached hydrogens (tertiary/aromatic N) is 1. The molecule has 132 valence electrons. The van der Waals surface area contributed by atoms with E-state index in [1.807, 2.05) is 26.0 Å². The number of nitro groups is 1. The summed E-state index contributed by atoms with van der Waals surface area (Å²) in [6.45, 7) is 6.14. The summed E-state index contributed by atoms with van der Waals surface area (Å²) in [5.41, 5.74) is 2.33. The number of halogens is 1. The van der Waals surface area contributed by atoms with Gasteiger partial charge in [-0.15, -0.1) is 0 Å². The second kappa shape index (κ2) is 8.12. The van der Waals surface area contributed by atoms with Crippen LogP contribution in [-0.4, -0.2) is 10.8 Å². The lowest BCUT2D eigenvalue weighted by atomic mass is 9.94. The molecule has 5 nitrogen and oxygen atoms in total. The Morgan fingerprint density at radius 2 is 1.84 bits per heavy atom. The molecule has 6 heteroatoms. The molecular formula is C19H21ClN2O3. The lowest BCUT2D eigenvalue weighted by molar-refractivity contribution is -0.384. The average molecular weight is 361 g/mol. The summed E-state index contributed by atoms with van der Waals surface area (Å²) in [4.78, 5) is 22.8. The van der Waals surface area contributed by atoms with Crippen LogP contribution in [0.15, 0.2) is 42.5 Å². The molecule has 2 aromatic rings. The van der Waals surface area contributed by atoms with Crippen LogP contribution in [0.2, 0.25) is 5.02 Å². The van der Waals surface area contributed by atoms with E-state index >= 15 is 0 Å². The first-order valence-corrected chi connectivity index (χ1v) is 8.55. The van der Waals surface area contributed by atoms with Gasteiger partial charge in [-0.3, -0.25) is 14.9 Å². The van der Waals surface area contributed by atoms with Crippen LogP contribution in [0.5, 0.6) is 0 Å². The van der Waals surface area contributed by atoms with E-state index in [0.29, 0.717) is 0 Å². The number of nitro benzene ring substituents is 1. The minimum absolute atomic E-state index is 0.0653. The molecule has 0 heterocycles. The van der Waals surface area contributed by atoms with Gasteiger partial charge in [-0.1, -0.05) is 56.6 Å². The SMILES string of the molecule is CCc1ccc([C@H](NC(=O)c2ccc([N+](=O)[O-])cc2Cl)C(C)C)cc1. The lowest BCUT2D eigenvalue weighted by Crippen LogP contribution is -2.32. The second-order valence-electron chi connectivity index (χ2n) is 6.21. The number of aryl methyl sites for hydroxylation is 1. The first-order chi connectivity index (χ1) is 11.8. The fourth-order valence-corrected chi connectivity index (χ4v) is 2.88. The highest BCUT2D eigenvalue weighted by Gasteiger charge is 2.21. The molecule has 2 aromatic carbocycles. The molecule has 0 radical (unpaired) electrons. The van der Waals surface area contributed by atoms with Crippen LogP contribution in [0.3, 0.4) is 0 Å². The molecule has 0 aromatic heterocycles. The second-order valence-corrected chi connectivity index (χ2v) is 6.62. The molecule has 25 heavy (non-hydrogen) atoms. The number of amides is 1. The maximum Gasteiger partial charge on any atom is 0.270 e. The van der Waals surface area contributed by atoms with Gasteiger partial charge in [-0.2, -0.15) is 0 Å². The monoisotopic (exact) mass is 360 g/mol. The molecule has 0 aliphatic heterocycles. The van der Waals surface area contributed by atoms with Gasteiger partial charge >= 0.3 is 0 Å². The zero-order valence-electron chi connectivity index (χ0n) is 14.5. The molecule has 0 bridgehead atoms. The van der Waals surface area contributed by atoms with E-state index in [1.54, 1.807) is 0 Å². The fourth-order valence-electron chi connectivity index (χ4n) is 2.62. The van der Waals surface area contributed by atoms with Crippen LogP contribution in [0.4, 0.5) is 5.69 Å². The van der Waals surface area contributed by atoms with Crippen LogP contribution in [0.1, 0.15) is 48.3 Å². The summed E-state index contributed by atoms with van der Waals surface area (Å²) in [5, 5.41) is 13.8. The molecule has 1 amide bonds. The quantitative estimate of drug-likeness (QED) is 0.585. The number of hydrogen-bond acceptors (Lipinski definition) is 3. The highest BCUT2D eigenvalue weighted by Crippen LogP contribution is 2.26. The Balaban J connectivity index is 2.24. The van der Waals surface area contributed by atoms with Gasteiger partial charge in [0.05, 0.1) is 21.6 Å². The molecule has 0 saturated carbocycles. The maximum absolute atomic E-state index is 12.6. The van der Waals surface area contributed by atoms with Crippen LogP contribution in [0, 0.1) is 16.0 Å². The first kappa shape index (κ1) is 18.9. The third kappa shape index (κ3) is 4.57. The number of benzene rings is 2. The topological polar surface area (TPSA) is 72.2 Å². The minimum Gasteiger partial charge on any atom is -0.345 e. The Labute approximate surface area is 152 Å². The van der Waals surface area contributed by atoms with Crippen molar-refractivity contribution in [1.29, 1.82) is 0 Å². The molecule has 0 spiro atoms. The average Bonchev–Trinajstić information content (AvgIpc) is 2.59. The molecular weight excluding hydrogens is 340 g/mol. The Kier molecular flexibility index (Phi) is 6.15. The Bertz CT molecular complexity index is 773. The van der Waals surface area contributed by atoms with Crippen molar-refractivity contribution in [2.75, 3.05) is 0 Å². The molecule has 0 unspecified atom stereocenters. The zero-order valence-corrected chi connectivity index (χ0v) is 15.2. The number of carbonyl (C=O) groups excluding carboxylic acids is 1. The molecule has 2 rings (SSSR count).